The van der Waals surface area contributed by atoms with Crippen LogP contribution in [0.3, 0.4) is 0 Å². The predicted octanol–water partition coefficient (Wildman–Crippen LogP) is 1.15. The molecule has 2 heterocycles. The third kappa shape index (κ3) is 6.01. The Morgan fingerprint density at radius 1 is 0.645 bits per heavy atom. The molecule has 0 aromatic carbocycles. The van der Waals surface area contributed by atoms with Crippen molar-refractivity contribution in [2.24, 2.45) is 20.0 Å². The summed E-state index contributed by atoms with van der Waals surface area (Å²) >= 11 is 0. The minimum absolute atomic E-state index is 0.0572. The molecule has 0 aromatic heterocycles. The zero-order valence-electron chi connectivity index (χ0n) is 21.2. The minimum atomic E-state index is -0.0591. The summed E-state index contributed by atoms with van der Waals surface area (Å²) in [5, 5.41) is 0. The van der Waals surface area contributed by atoms with Crippen LogP contribution < -0.4 is 0 Å². The van der Waals surface area contributed by atoms with Gasteiger partial charge in [-0.3, -0.25) is 9.80 Å². The summed E-state index contributed by atoms with van der Waals surface area (Å²) in [7, 11) is 14.4. The Morgan fingerprint density at radius 2 is 1.00 bits per heavy atom. The first-order chi connectivity index (χ1) is 14.6. The largest absolute Gasteiger partial charge is 0.349 e. The van der Waals surface area contributed by atoms with E-state index in [9.17, 15) is 0 Å². The maximum Gasteiger partial charge on any atom is 0.205 e. The lowest BCUT2D eigenvalue weighted by atomic mass is 10.3. The molecule has 2 atom stereocenters. The van der Waals surface area contributed by atoms with Crippen LogP contribution in [-0.2, 0) is 0 Å². The Balaban J connectivity index is 1.87. The molecule has 2 aliphatic rings. The van der Waals surface area contributed by atoms with Gasteiger partial charge in [0.1, 0.15) is 12.3 Å². The van der Waals surface area contributed by atoms with Crippen molar-refractivity contribution < 1.29 is 0 Å². The van der Waals surface area contributed by atoms with Crippen LogP contribution >= 0.6 is 0 Å². The summed E-state index contributed by atoms with van der Waals surface area (Å²) in [5.74, 6) is 3.85. The van der Waals surface area contributed by atoms with E-state index in [1.807, 2.05) is 46.9 Å². The molecule has 0 bridgehead atoms. The normalized spacial score (nSPS) is 21.2. The minimum Gasteiger partial charge on any atom is -0.349 e. The van der Waals surface area contributed by atoms with E-state index in [0.29, 0.717) is 0 Å². The van der Waals surface area contributed by atoms with Crippen LogP contribution in [0, 0.1) is 0 Å². The Morgan fingerprint density at radius 3 is 1.39 bits per heavy atom. The quantitative estimate of drug-likeness (QED) is 0.584. The molecule has 0 amide bonds. The smallest absolute Gasteiger partial charge is 0.205 e. The van der Waals surface area contributed by atoms with Crippen LogP contribution in [0.5, 0.6) is 0 Å². The van der Waals surface area contributed by atoms with Crippen LogP contribution in [0.25, 0.3) is 0 Å². The van der Waals surface area contributed by atoms with Crippen molar-refractivity contribution in [3.05, 3.63) is 0 Å². The first kappa shape index (κ1) is 24.7. The molecule has 0 saturated carbocycles. The Bertz CT molecular complexity index is 726. The van der Waals surface area contributed by atoms with Crippen LogP contribution in [0.2, 0.25) is 0 Å². The van der Waals surface area contributed by atoms with Crippen molar-refractivity contribution in [2.45, 2.75) is 45.9 Å². The van der Waals surface area contributed by atoms with Gasteiger partial charge < -0.3 is 19.6 Å². The molecular formula is C21H42N10. The van der Waals surface area contributed by atoms with E-state index in [-0.39, 0.29) is 12.3 Å². The van der Waals surface area contributed by atoms with Crippen molar-refractivity contribution in [3.8, 4) is 0 Å². The molecule has 176 valence electrons. The first-order valence-corrected chi connectivity index (χ1v) is 11.2. The van der Waals surface area contributed by atoms with Crippen LogP contribution in [0.15, 0.2) is 20.0 Å². The zero-order chi connectivity index (χ0) is 23.3. The molecule has 0 saturated heterocycles. The van der Waals surface area contributed by atoms with E-state index < -0.39 is 0 Å². The molecule has 10 heteroatoms. The molecule has 31 heavy (non-hydrogen) atoms. The van der Waals surface area contributed by atoms with Gasteiger partial charge in [-0.2, -0.15) is 0 Å². The highest BCUT2D eigenvalue weighted by Crippen LogP contribution is 2.13. The highest BCUT2D eigenvalue weighted by molar-refractivity contribution is 6.00. The van der Waals surface area contributed by atoms with Gasteiger partial charge in [0.25, 0.3) is 0 Å². The second-order valence-corrected chi connectivity index (χ2v) is 8.56. The standard InChI is InChI=1S/C21H42N10/c1-11-27(6)19-23-17(3)25-21(31(19)10)29(8)15-13-12-14-28(7)20-24-16(2)22-18(26(4)5)30(20)9/h16-17H,11-15H2,1-10H3. The Kier molecular flexibility index (Phi) is 8.52. The van der Waals surface area contributed by atoms with Gasteiger partial charge in [0, 0.05) is 69.0 Å². The highest BCUT2D eigenvalue weighted by atomic mass is 15.5. The monoisotopic (exact) mass is 434 g/mol. The number of rotatable bonds is 6. The number of aliphatic imine (C=N–C) groups is 4. The van der Waals surface area contributed by atoms with Gasteiger partial charge in [-0.15, -0.1) is 0 Å². The van der Waals surface area contributed by atoms with Gasteiger partial charge in [0.15, 0.2) is 0 Å². The van der Waals surface area contributed by atoms with Crippen molar-refractivity contribution in [3.63, 3.8) is 0 Å². The summed E-state index contributed by atoms with van der Waals surface area (Å²) in [5.41, 5.74) is 0. The van der Waals surface area contributed by atoms with Crippen LogP contribution in [0.4, 0.5) is 0 Å². The van der Waals surface area contributed by atoms with Crippen molar-refractivity contribution >= 4 is 23.8 Å². The van der Waals surface area contributed by atoms with Gasteiger partial charge in [0.2, 0.25) is 23.8 Å². The maximum absolute atomic E-state index is 4.76. The zero-order valence-corrected chi connectivity index (χ0v) is 21.2. The molecule has 10 nitrogen and oxygen atoms in total. The molecule has 0 radical (unpaired) electrons. The first-order valence-electron chi connectivity index (χ1n) is 11.2. The van der Waals surface area contributed by atoms with Gasteiger partial charge in [-0.05, 0) is 33.6 Å². The second kappa shape index (κ2) is 10.7. The maximum atomic E-state index is 4.76. The lowest BCUT2D eigenvalue weighted by molar-refractivity contribution is 0.368. The average molecular weight is 435 g/mol. The third-order valence-corrected chi connectivity index (χ3v) is 5.54. The fourth-order valence-corrected chi connectivity index (χ4v) is 3.77. The molecule has 0 aliphatic carbocycles. The molecule has 0 N–H and O–H groups in total. The molecular weight excluding hydrogens is 392 g/mol. The fourth-order valence-electron chi connectivity index (χ4n) is 3.77. The van der Waals surface area contributed by atoms with Gasteiger partial charge >= 0.3 is 0 Å². The summed E-state index contributed by atoms with van der Waals surface area (Å²) < 4.78 is 0. The van der Waals surface area contributed by atoms with E-state index in [0.717, 1.165) is 56.3 Å². The summed E-state index contributed by atoms with van der Waals surface area (Å²) in [6.07, 6.45) is 2.02. The average Bonchev–Trinajstić information content (AvgIpc) is 2.72. The Labute approximate surface area is 188 Å². The lowest BCUT2D eigenvalue weighted by Crippen LogP contribution is -2.52. The number of unbranched alkanes of at least 4 members (excludes halogenated alkanes) is 1. The predicted molar refractivity (Wildman–Crippen MR) is 131 cm³/mol. The van der Waals surface area contributed by atoms with E-state index >= 15 is 0 Å². The van der Waals surface area contributed by atoms with Crippen LogP contribution in [0.1, 0.15) is 33.6 Å². The lowest BCUT2D eigenvalue weighted by Gasteiger charge is -2.37. The van der Waals surface area contributed by atoms with E-state index in [4.69, 9.17) is 9.98 Å². The van der Waals surface area contributed by atoms with E-state index in [1.165, 1.54) is 0 Å². The summed E-state index contributed by atoms with van der Waals surface area (Å²) in [6.45, 7) is 8.98. The Hall–Kier alpha value is -2.52. The molecule has 2 aliphatic heterocycles. The molecule has 0 fully saturated rings. The van der Waals surface area contributed by atoms with Gasteiger partial charge in [-0.25, -0.2) is 20.0 Å². The number of hydrogen-bond donors (Lipinski definition) is 0. The molecule has 2 rings (SSSR count). The number of guanidine groups is 4. The van der Waals surface area contributed by atoms with E-state index in [1.54, 1.807) is 0 Å². The highest BCUT2D eigenvalue weighted by Gasteiger charge is 2.26. The van der Waals surface area contributed by atoms with Gasteiger partial charge in [-0.1, -0.05) is 0 Å². The van der Waals surface area contributed by atoms with E-state index in [2.05, 4.69) is 62.6 Å². The topological polar surface area (TPSA) is 68.9 Å². The summed E-state index contributed by atoms with van der Waals surface area (Å²) in [4.78, 5) is 31.6. The number of nitrogens with zero attached hydrogens (tertiary/aromatic N) is 10. The van der Waals surface area contributed by atoms with Crippen molar-refractivity contribution in [1.82, 2.24) is 29.4 Å². The van der Waals surface area contributed by atoms with Crippen LogP contribution in [-0.4, -0.2) is 135 Å². The van der Waals surface area contributed by atoms with Gasteiger partial charge in [0.05, 0.1) is 0 Å². The molecule has 0 aromatic rings. The van der Waals surface area contributed by atoms with Crippen molar-refractivity contribution in [2.75, 3.05) is 69.0 Å². The third-order valence-electron chi connectivity index (χ3n) is 5.54. The fraction of sp³-hybridized carbons (Fsp3) is 0.810. The van der Waals surface area contributed by atoms with Crippen molar-refractivity contribution in [1.29, 1.82) is 0 Å². The molecule has 0 spiro atoms. The number of hydrogen-bond acceptors (Lipinski definition) is 10. The molecule has 2 unspecified atom stereocenters. The SMILES string of the molecule is CCN(C)C1=NC(C)N=C(N(C)CCCCN(C)C2=NC(C)N=C(N(C)C)N2C)N1C. The second-order valence-electron chi connectivity index (χ2n) is 8.56. The summed E-state index contributed by atoms with van der Waals surface area (Å²) in [6, 6.07) is 0.